The lowest BCUT2D eigenvalue weighted by molar-refractivity contribution is -0.136. The summed E-state index contributed by atoms with van der Waals surface area (Å²) >= 11 is 0. The van der Waals surface area contributed by atoms with Crippen LogP contribution in [0.5, 0.6) is 0 Å². The van der Waals surface area contributed by atoms with Crippen LogP contribution in [0.2, 0.25) is 0 Å². The van der Waals surface area contributed by atoms with E-state index in [4.69, 9.17) is 4.74 Å². The number of hydrogen-bond donors (Lipinski definition) is 0. The topological polar surface area (TPSA) is 26.3 Å². The van der Waals surface area contributed by atoms with Crippen LogP contribution in [0.15, 0.2) is 0 Å². The van der Waals surface area contributed by atoms with E-state index in [0.29, 0.717) is 28.6 Å². The number of fused-ring (bicyclic) bond motifs is 5. The second-order valence-electron chi connectivity index (χ2n) is 12.0. The first-order valence-corrected chi connectivity index (χ1v) is 12.9. The molecule has 9 atom stereocenters. The predicted octanol–water partition coefficient (Wildman–Crippen LogP) is 7.06. The minimum Gasteiger partial charge on any atom is -0.378 e. The van der Waals surface area contributed by atoms with Crippen LogP contribution in [-0.2, 0) is 9.53 Å². The molecule has 0 spiro atoms. The maximum absolute atomic E-state index is 11.5. The molecule has 0 bridgehead atoms. The molecule has 0 amide bonds. The lowest BCUT2D eigenvalue weighted by atomic mass is 9.44. The van der Waals surface area contributed by atoms with Crippen molar-refractivity contribution >= 4 is 5.78 Å². The summed E-state index contributed by atoms with van der Waals surface area (Å²) in [4.78, 5) is 11.5. The van der Waals surface area contributed by atoms with E-state index in [-0.39, 0.29) is 0 Å². The van der Waals surface area contributed by atoms with Crippen molar-refractivity contribution in [2.24, 2.45) is 46.3 Å². The van der Waals surface area contributed by atoms with Crippen LogP contribution in [0.1, 0.15) is 105 Å². The van der Waals surface area contributed by atoms with E-state index in [2.05, 4.69) is 27.7 Å². The van der Waals surface area contributed by atoms with E-state index >= 15 is 0 Å². The maximum atomic E-state index is 11.5. The largest absolute Gasteiger partial charge is 0.378 e. The number of rotatable bonds is 6. The van der Waals surface area contributed by atoms with Crippen molar-refractivity contribution in [1.29, 1.82) is 0 Å². The van der Waals surface area contributed by atoms with Gasteiger partial charge < -0.3 is 9.53 Å². The third-order valence-corrected chi connectivity index (χ3v) is 10.7. The van der Waals surface area contributed by atoms with Crippen molar-refractivity contribution in [3.05, 3.63) is 0 Å². The third kappa shape index (κ3) is 3.74. The molecule has 1 unspecified atom stereocenters. The zero-order chi connectivity index (χ0) is 20.8. The molecule has 4 rings (SSSR count). The van der Waals surface area contributed by atoms with Gasteiger partial charge in [0.1, 0.15) is 5.78 Å². The molecule has 166 valence electrons. The summed E-state index contributed by atoms with van der Waals surface area (Å²) in [6, 6.07) is 0. The van der Waals surface area contributed by atoms with E-state index in [9.17, 15) is 4.79 Å². The standard InChI is InChI=1S/C27H46O2/c1-6-29-21-13-15-26(4)20(17-21)9-10-22-24-12-11-23(18(2)7-8-19(3)28)27(24,5)16-14-25(22)26/h18,20-25H,6-17H2,1-5H3/t18-,20-,21-,22+,23?,24+,25+,26+,27-/m1/s1. The highest BCUT2D eigenvalue weighted by atomic mass is 16.5. The molecule has 0 aromatic carbocycles. The van der Waals surface area contributed by atoms with Crippen molar-refractivity contribution in [1.82, 2.24) is 0 Å². The zero-order valence-electron chi connectivity index (χ0n) is 19.8. The summed E-state index contributed by atoms with van der Waals surface area (Å²) in [5.41, 5.74) is 1.10. The van der Waals surface area contributed by atoms with Crippen LogP contribution < -0.4 is 0 Å². The molecule has 0 heterocycles. The van der Waals surface area contributed by atoms with Crippen LogP contribution in [0, 0.1) is 46.3 Å². The smallest absolute Gasteiger partial charge is 0.129 e. The van der Waals surface area contributed by atoms with E-state index < -0.39 is 0 Å². The molecule has 4 saturated carbocycles. The molecule has 29 heavy (non-hydrogen) atoms. The summed E-state index contributed by atoms with van der Waals surface area (Å²) in [5, 5.41) is 0. The number of carbonyl (C=O) groups excluding carboxylic acids is 1. The molecule has 0 aromatic rings. The fourth-order valence-electron chi connectivity index (χ4n) is 9.21. The lowest BCUT2D eigenvalue weighted by Crippen LogP contribution is -2.54. The maximum Gasteiger partial charge on any atom is 0.129 e. The van der Waals surface area contributed by atoms with Crippen LogP contribution in [-0.4, -0.2) is 18.5 Å². The first-order valence-electron chi connectivity index (χ1n) is 12.9. The van der Waals surface area contributed by atoms with Gasteiger partial charge in [0.25, 0.3) is 0 Å². The summed E-state index contributed by atoms with van der Waals surface area (Å²) in [6.45, 7) is 12.6. The van der Waals surface area contributed by atoms with Crippen LogP contribution in [0.3, 0.4) is 0 Å². The Hall–Kier alpha value is -0.370. The number of Topliss-reactive ketones (excluding diaryl/α,β-unsaturated/α-hetero) is 1. The van der Waals surface area contributed by atoms with Crippen molar-refractivity contribution in [3.63, 3.8) is 0 Å². The van der Waals surface area contributed by atoms with Gasteiger partial charge >= 0.3 is 0 Å². The van der Waals surface area contributed by atoms with Gasteiger partial charge in [0.2, 0.25) is 0 Å². The molecule has 2 nitrogen and oxygen atoms in total. The Bertz CT molecular complexity index is 599. The number of hydrogen-bond acceptors (Lipinski definition) is 2. The molecule has 0 aromatic heterocycles. The van der Waals surface area contributed by atoms with Gasteiger partial charge in [0, 0.05) is 13.0 Å². The van der Waals surface area contributed by atoms with Crippen LogP contribution in [0.4, 0.5) is 0 Å². The Kier molecular flexibility index (Phi) is 6.24. The fourth-order valence-corrected chi connectivity index (χ4v) is 9.21. The van der Waals surface area contributed by atoms with Crippen LogP contribution >= 0.6 is 0 Å². The molecule has 0 radical (unpaired) electrons. The van der Waals surface area contributed by atoms with Gasteiger partial charge in [-0.1, -0.05) is 20.8 Å². The molecular weight excluding hydrogens is 356 g/mol. The van der Waals surface area contributed by atoms with Gasteiger partial charge in [0.15, 0.2) is 0 Å². The van der Waals surface area contributed by atoms with Gasteiger partial charge in [-0.25, -0.2) is 0 Å². The summed E-state index contributed by atoms with van der Waals surface area (Å²) in [5.74, 6) is 5.66. The van der Waals surface area contributed by atoms with Gasteiger partial charge in [0.05, 0.1) is 6.10 Å². The highest BCUT2D eigenvalue weighted by Crippen LogP contribution is 2.68. The van der Waals surface area contributed by atoms with Crippen LogP contribution in [0.25, 0.3) is 0 Å². The average molecular weight is 403 g/mol. The predicted molar refractivity (Wildman–Crippen MR) is 120 cm³/mol. The zero-order valence-corrected chi connectivity index (χ0v) is 19.8. The Labute approximate surface area is 179 Å². The lowest BCUT2D eigenvalue weighted by Gasteiger charge is -2.61. The van der Waals surface area contributed by atoms with E-state index in [1.807, 2.05) is 0 Å². The van der Waals surface area contributed by atoms with Crippen molar-refractivity contribution in [3.8, 4) is 0 Å². The van der Waals surface area contributed by atoms with Gasteiger partial charge in [-0.05, 0) is 124 Å². The molecule has 4 fully saturated rings. The summed E-state index contributed by atoms with van der Waals surface area (Å²) < 4.78 is 6.05. The quantitative estimate of drug-likeness (QED) is 0.475. The third-order valence-electron chi connectivity index (χ3n) is 10.7. The average Bonchev–Trinajstić information content (AvgIpc) is 3.04. The highest BCUT2D eigenvalue weighted by molar-refractivity contribution is 5.75. The Balaban J connectivity index is 1.47. The molecule has 4 aliphatic carbocycles. The minimum absolute atomic E-state index is 0.370. The van der Waals surface area contributed by atoms with Gasteiger partial charge in [-0.3, -0.25) is 0 Å². The van der Waals surface area contributed by atoms with E-state index in [1.165, 1.54) is 57.8 Å². The van der Waals surface area contributed by atoms with E-state index in [1.54, 1.807) is 6.92 Å². The normalized spacial score (nSPS) is 47.8. The number of ether oxygens (including phenoxy) is 1. The second-order valence-corrected chi connectivity index (χ2v) is 12.0. The molecular formula is C27H46O2. The minimum atomic E-state index is 0.370. The Morgan fingerprint density at radius 1 is 1.00 bits per heavy atom. The Morgan fingerprint density at radius 3 is 2.45 bits per heavy atom. The molecule has 0 aliphatic heterocycles. The first kappa shape index (κ1) is 21.8. The van der Waals surface area contributed by atoms with E-state index in [0.717, 1.165) is 49.0 Å². The fraction of sp³-hybridized carbons (Fsp3) is 0.963. The first-order chi connectivity index (χ1) is 13.8. The summed E-state index contributed by atoms with van der Waals surface area (Å²) in [6.07, 6.45) is 15.1. The van der Waals surface area contributed by atoms with Crippen molar-refractivity contribution in [2.45, 2.75) is 111 Å². The van der Waals surface area contributed by atoms with Gasteiger partial charge in [-0.15, -0.1) is 0 Å². The summed E-state index contributed by atoms with van der Waals surface area (Å²) in [7, 11) is 0. The molecule has 4 aliphatic rings. The van der Waals surface area contributed by atoms with Gasteiger partial charge in [-0.2, -0.15) is 0 Å². The highest BCUT2D eigenvalue weighted by Gasteiger charge is 2.60. The Morgan fingerprint density at radius 2 is 1.72 bits per heavy atom. The molecule has 0 saturated heterocycles. The van der Waals surface area contributed by atoms with Crippen molar-refractivity contribution in [2.75, 3.05) is 6.61 Å². The molecule has 0 N–H and O–H groups in total. The number of carbonyl (C=O) groups is 1. The second kappa shape index (κ2) is 8.29. The monoisotopic (exact) mass is 402 g/mol. The molecule has 2 heteroatoms. The SMILES string of the molecule is CCO[C@@H]1CC[C@@]2(C)[C@H](CC[C@@H]3[C@@H]2CC[C@]2(C)C([C@H](C)CCC(C)=O)CC[C@@H]32)C1. The number of ketones is 1. The van der Waals surface area contributed by atoms with Crippen molar-refractivity contribution < 1.29 is 9.53 Å².